The molecule has 4 atom stereocenters. The molecule has 2 saturated carbocycles. The van der Waals surface area contributed by atoms with Crippen molar-refractivity contribution in [1.82, 2.24) is 0 Å². The number of carbonyl (C=O) groups is 3. The van der Waals surface area contributed by atoms with Gasteiger partial charge in [0.05, 0.1) is 11.8 Å². The van der Waals surface area contributed by atoms with Gasteiger partial charge in [-0.2, -0.15) is 0 Å². The molecule has 2 fully saturated rings. The smallest absolute Gasteiger partial charge is 0.309 e. The molecule has 112 valence electrons. The fourth-order valence-electron chi connectivity index (χ4n) is 4.58. The van der Waals surface area contributed by atoms with E-state index in [0.29, 0.717) is 19.3 Å². The van der Waals surface area contributed by atoms with Gasteiger partial charge < -0.3 is 10.2 Å². The highest BCUT2D eigenvalue weighted by Crippen LogP contribution is 2.59. The van der Waals surface area contributed by atoms with Gasteiger partial charge in [-0.1, -0.05) is 13.3 Å². The van der Waals surface area contributed by atoms with E-state index in [1.54, 1.807) is 6.92 Å². The highest BCUT2D eigenvalue weighted by Gasteiger charge is 2.59. The first-order chi connectivity index (χ1) is 9.21. The van der Waals surface area contributed by atoms with Crippen LogP contribution < -0.4 is 0 Å². The van der Waals surface area contributed by atoms with Crippen molar-refractivity contribution in [3.05, 3.63) is 0 Å². The van der Waals surface area contributed by atoms with Crippen LogP contribution in [0.2, 0.25) is 0 Å². The number of carboxylic acids is 2. The van der Waals surface area contributed by atoms with Gasteiger partial charge >= 0.3 is 11.9 Å². The molecule has 20 heavy (non-hydrogen) atoms. The van der Waals surface area contributed by atoms with Crippen molar-refractivity contribution in [1.29, 1.82) is 0 Å². The van der Waals surface area contributed by atoms with Crippen LogP contribution in [0.1, 0.15) is 52.4 Å². The van der Waals surface area contributed by atoms with Crippen molar-refractivity contribution >= 4 is 17.7 Å². The third-order valence-corrected chi connectivity index (χ3v) is 5.71. The van der Waals surface area contributed by atoms with Crippen LogP contribution in [0.4, 0.5) is 0 Å². The number of hydrogen-bond acceptors (Lipinski definition) is 3. The molecule has 0 aromatic heterocycles. The van der Waals surface area contributed by atoms with Crippen molar-refractivity contribution in [2.45, 2.75) is 52.4 Å². The second-order valence-corrected chi connectivity index (χ2v) is 6.79. The molecule has 0 spiro atoms. The fourth-order valence-corrected chi connectivity index (χ4v) is 4.58. The monoisotopic (exact) mass is 282 g/mol. The van der Waals surface area contributed by atoms with E-state index in [2.05, 4.69) is 0 Å². The minimum Gasteiger partial charge on any atom is -0.481 e. The topological polar surface area (TPSA) is 91.7 Å². The predicted molar refractivity (Wildman–Crippen MR) is 71.2 cm³/mol. The Morgan fingerprint density at radius 1 is 1.25 bits per heavy atom. The van der Waals surface area contributed by atoms with Gasteiger partial charge in [0.1, 0.15) is 5.78 Å². The van der Waals surface area contributed by atoms with E-state index in [-0.39, 0.29) is 18.1 Å². The summed E-state index contributed by atoms with van der Waals surface area (Å²) in [7, 11) is 0. The maximum atomic E-state index is 12.2. The van der Waals surface area contributed by atoms with Crippen molar-refractivity contribution in [3.63, 3.8) is 0 Å². The SMILES string of the molecule is CC1(C(=O)O)CCCC2(C)C(CC(=O)O)C(=O)CCC12. The van der Waals surface area contributed by atoms with E-state index in [0.717, 1.165) is 12.8 Å². The lowest BCUT2D eigenvalue weighted by Crippen LogP contribution is -2.55. The van der Waals surface area contributed by atoms with Crippen LogP contribution in [0.5, 0.6) is 0 Å². The molecule has 0 aromatic rings. The molecular weight excluding hydrogens is 260 g/mol. The van der Waals surface area contributed by atoms with Crippen LogP contribution in [0.25, 0.3) is 0 Å². The molecule has 0 radical (unpaired) electrons. The Bertz CT molecular complexity index is 457. The second kappa shape index (κ2) is 4.86. The molecule has 2 aliphatic rings. The minimum absolute atomic E-state index is 0.0132. The number of fused-ring (bicyclic) bond motifs is 1. The van der Waals surface area contributed by atoms with Crippen LogP contribution in [0.3, 0.4) is 0 Å². The number of carbonyl (C=O) groups excluding carboxylic acids is 1. The Morgan fingerprint density at radius 2 is 1.90 bits per heavy atom. The quantitative estimate of drug-likeness (QED) is 0.829. The van der Waals surface area contributed by atoms with Crippen molar-refractivity contribution in [2.24, 2.45) is 22.7 Å². The molecule has 0 bridgehead atoms. The van der Waals surface area contributed by atoms with E-state index in [1.165, 1.54) is 0 Å². The Morgan fingerprint density at radius 3 is 2.45 bits per heavy atom. The van der Waals surface area contributed by atoms with Gasteiger partial charge in [0.15, 0.2) is 0 Å². The zero-order valence-corrected chi connectivity index (χ0v) is 12.0. The molecule has 5 nitrogen and oxygen atoms in total. The van der Waals surface area contributed by atoms with Gasteiger partial charge in [-0.05, 0) is 37.5 Å². The zero-order valence-electron chi connectivity index (χ0n) is 12.0. The van der Waals surface area contributed by atoms with Crippen LogP contribution in [-0.4, -0.2) is 27.9 Å². The summed E-state index contributed by atoms with van der Waals surface area (Å²) >= 11 is 0. The fraction of sp³-hybridized carbons (Fsp3) is 0.800. The summed E-state index contributed by atoms with van der Waals surface area (Å²) in [5.74, 6) is -2.48. The highest BCUT2D eigenvalue weighted by molar-refractivity contribution is 5.87. The van der Waals surface area contributed by atoms with Crippen LogP contribution in [-0.2, 0) is 14.4 Å². The molecule has 0 saturated heterocycles. The van der Waals surface area contributed by atoms with E-state index in [1.807, 2.05) is 6.92 Å². The molecular formula is C15H22O5. The minimum atomic E-state index is -0.979. The summed E-state index contributed by atoms with van der Waals surface area (Å²) in [5, 5.41) is 18.6. The van der Waals surface area contributed by atoms with Crippen molar-refractivity contribution in [3.8, 4) is 0 Å². The average Bonchev–Trinajstić information content (AvgIpc) is 2.33. The maximum Gasteiger partial charge on any atom is 0.309 e. The summed E-state index contributed by atoms with van der Waals surface area (Å²) < 4.78 is 0. The van der Waals surface area contributed by atoms with Gasteiger partial charge in [-0.15, -0.1) is 0 Å². The largest absolute Gasteiger partial charge is 0.481 e. The molecule has 2 N–H and O–H groups in total. The predicted octanol–water partition coefficient (Wildman–Crippen LogP) is 2.34. The number of carboxylic acid groups (broad SMARTS) is 2. The Labute approximate surface area is 118 Å². The Balaban J connectivity index is 2.40. The molecule has 2 aliphatic carbocycles. The van der Waals surface area contributed by atoms with Gasteiger partial charge in [-0.3, -0.25) is 14.4 Å². The number of hydrogen-bond donors (Lipinski definition) is 2. The highest BCUT2D eigenvalue weighted by atomic mass is 16.4. The summed E-state index contributed by atoms with van der Waals surface area (Å²) in [4.78, 5) is 34.9. The van der Waals surface area contributed by atoms with Gasteiger partial charge in [0, 0.05) is 12.3 Å². The summed E-state index contributed by atoms with van der Waals surface area (Å²) in [6.07, 6.45) is 2.77. The van der Waals surface area contributed by atoms with Gasteiger partial charge in [-0.25, -0.2) is 0 Å². The maximum absolute atomic E-state index is 12.2. The number of rotatable bonds is 3. The third-order valence-electron chi connectivity index (χ3n) is 5.71. The lowest BCUT2D eigenvalue weighted by molar-refractivity contribution is -0.171. The molecule has 0 aromatic carbocycles. The summed E-state index contributed by atoms with van der Waals surface area (Å²) in [6, 6.07) is 0. The van der Waals surface area contributed by atoms with Crippen LogP contribution in [0.15, 0.2) is 0 Å². The molecule has 0 amide bonds. The summed E-state index contributed by atoms with van der Waals surface area (Å²) in [6.45, 7) is 3.67. The van der Waals surface area contributed by atoms with E-state index in [9.17, 15) is 19.5 Å². The lowest BCUT2D eigenvalue weighted by Gasteiger charge is -2.55. The van der Waals surface area contributed by atoms with Crippen molar-refractivity contribution in [2.75, 3.05) is 0 Å². The Kier molecular flexibility index (Phi) is 3.65. The zero-order chi connectivity index (χ0) is 15.1. The molecule has 0 aliphatic heterocycles. The lowest BCUT2D eigenvalue weighted by atomic mass is 9.47. The van der Waals surface area contributed by atoms with E-state index >= 15 is 0 Å². The average molecular weight is 282 g/mol. The number of Topliss-reactive ketones (excluding diaryl/α,β-unsaturated/α-hetero) is 1. The van der Waals surface area contributed by atoms with E-state index < -0.39 is 28.7 Å². The molecule has 4 unspecified atom stereocenters. The first-order valence-corrected chi connectivity index (χ1v) is 7.19. The number of ketones is 1. The van der Waals surface area contributed by atoms with Gasteiger partial charge in [0.25, 0.3) is 0 Å². The van der Waals surface area contributed by atoms with E-state index in [4.69, 9.17) is 5.11 Å². The molecule has 0 heterocycles. The standard InChI is InChI=1S/C15H22O5/c1-14-6-3-7-15(2,13(19)20)11(14)5-4-10(16)9(14)8-12(17)18/h9,11H,3-8H2,1-2H3,(H,17,18)(H,19,20). The molecule has 5 heteroatoms. The summed E-state index contributed by atoms with van der Waals surface area (Å²) in [5.41, 5.74) is -1.34. The molecule has 2 rings (SSSR count). The number of aliphatic carboxylic acids is 2. The third kappa shape index (κ3) is 2.13. The first-order valence-electron chi connectivity index (χ1n) is 7.19. The van der Waals surface area contributed by atoms with Gasteiger partial charge in [0.2, 0.25) is 0 Å². The van der Waals surface area contributed by atoms with Crippen LogP contribution in [0, 0.1) is 22.7 Å². The first kappa shape index (κ1) is 15.0. The second-order valence-electron chi connectivity index (χ2n) is 6.79. The normalized spacial score (nSPS) is 41.0. The van der Waals surface area contributed by atoms with Crippen LogP contribution >= 0.6 is 0 Å². The Hall–Kier alpha value is -1.39. The van der Waals surface area contributed by atoms with Crippen molar-refractivity contribution < 1.29 is 24.6 Å².